The zero-order valence-electron chi connectivity index (χ0n) is 8.61. The molecule has 0 bridgehead atoms. The summed E-state index contributed by atoms with van der Waals surface area (Å²) >= 11 is 0. The molecule has 15 heavy (non-hydrogen) atoms. The van der Waals surface area contributed by atoms with Crippen molar-refractivity contribution < 1.29 is 13.9 Å². The first-order valence-electron chi connectivity index (χ1n) is 4.50. The summed E-state index contributed by atoms with van der Waals surface area (Å²) < 4.78 is 9.67. The van der Waals surface area contributed by atoms with E-state index in [1.54, 1.807) is 12.1 Å². The number of methoxy groups -OCH3 is 1. The third-order valence-electron chi connectivity index (χ3n) is 1.98. The van der Waals surface area contributed by atoms with E-state index in [2.05, 4.69) is 4.74 Å². The van der Waals surface area contributed by atoms with E-state index in [9.17, 15) is 4.79 Å². The van der Waals surface area contributed by atoms with E-state index in [1.165, 1.54) is 13.4 Å². The van der Waals surface area contributed by atoms with Crippen LogP contribution in [-0.2, 0) is 9.53 Å². The Balaban J connectivity index is 3.23. The summed E-state index contributed by atoms with van der Waals surface area (Å²) in [7, 11) is 1.25. The Kier molecular flexibility index (Phi) is 3.69. The second-order valence-electron chi connectivity index (χ2n) is 2.79. The van der Waals surface area contributed by atoms with Crippen LogP contribution in [0.4, 0.5) is 0 Å². The number of rotatable bonds is 3. The first kappa shape index (κ1) is 11.1. The van der Waals surface area contributed by atoms with Crippen LogP contribution in [0.25, 0.3) is 5.57 Å². The van der Waals surface area contributed by atoms with Gasteiger partial charge in [-0.1, -0.05) is 6.92 Å². The van der Waals surface area contributed by atoms with Crippen molar-refractivity contribution in [2.45, 2.75) is 13.3 Å². The highest BCUT2D eigenvalue weighted by molar-refractivity contribution is 6.01. The normalized spacial score (nSPS) is 11.5. The topological polar surface area (TPSA) is 63.2 Å². The molecule has 0 spiro atoms. The van der Waals surface area contributed by atoms with E-state index in [0.29, 0.717) is 17.8 Å². The number of esters is 1. The van der Waals surface area contributed by atoms with Crippen LogP contribution in [0.1, 0.15) is 19.1 Å². The van der Waals surface area contributed by atoms with Crippen molar-refractivity contribution in [1.82, 2.24) is 0 Å². The maximum atomic E-state index is 11.3. The van der Waals surface area contributed by atoms with Crippen molar-refractivity contribution >= 4 is 11.5 Å². The number of hydrogen-bond donors (Lipinski definition) is 0. The highest BCUT2D eigenvalue weighted by Gasteiger charge is 2.17. The number of carbonyl (C=O) groups excluding carboxylic acids is 1. The van der Waals surface area contributed by atoms with Gasteiger partial charge >= 0.3 is 5.97 Å². The minimum atomic E-state index is -0.634. The maximum Gasteiger partial charge on any atom is 0.349 e. The molecule has 4 nitrogen and oxygen atoms in total. The third kappa shape index (κ3) is 2.26. The zero-order chi connectivity index (χ0) is 11.3. The van der Waals surface area contributed by atoms with Crippen molar-refractivity contribution in [3.05, 3.63) is 29.7 Å². The van der Waals surface area contributed by atoms with Gasteiger partial charge in [-0.2, -0.15) is 5.26 Å². The van der Waals surface area contributed by atoms with E-state index in [0.717, 1.165) is 0 Å². The van der Waals surface area contributed by atoms with Gasteiger partial charge in [-0.05, 0) is 18.6 Å². The highest BCUT2D eigenvalue weighted by atomic mass is 16.5. The lowest BCUT2D eigenvalue weighted by molar-refractivity contribution is -0.135. The standard InChI is InChI=1S/C11H11NO3/c1-3-8(10-5-4-6-15-10)9(7-12)11(13)14-2/h4-6H,3H2,1-2H3. The highest BCUT2D eigenvalue weighted by Crippen LogP contribution is 2.22. The monoisotopic (exact) mass is 205 g/mol. The van der Waals surface area contributed by atoms with Gasteiger partial charge < -0.3 is 9.15 Å². The smallest absolute Gasteiger partial charge is 0.349 e. The van der Waals surface area contributed by atoms with Crippen LogP contribution in [0.3, 0.4) is 0 Å². The maximum absolute atomic E-state index is 11.3. The molecule has 0 radical (unpaired) electrons. The molecule has 0 atom stereocenters. The fraction of sp³-hybridized carbons (Fsp3) is 0.273. The van der Waals surface area contributed by atoms with Crippen molar-refractivity contribution in [2.24, 2.45) is 0 Å². The van der Waals surface area contributed by atoms with Crippen LogP contribution >= 0.6 is 0 Å². The molecule has 0 aliphatic heterocycles. The Morgan fingerprint density at radius 1 is 1.67 bits per heavy atom. The molecule has 0 fully saturated rings. The first-order valence-corrected chi connectivity index (χ1v) is 4.50. The van der Waals surface area contributed by atoms with Gasteiger partial charge in [-0.15, -0.1) is 0 Å². The van der Waals surface area contributed by atoms with Crippen LogP contribution in [0.15, 0.2) is 28.4 Å². The molecular formula is C11H11NO3. The number of furan rings is 1. The predicted octanol–water partition coefficient (Wildman–Crippen LogP) is 2.14. The van der Waals surface area contributed by atoms with Crippen molar-refractivity contribution in [2.75, 3.05) is 7.11 Å². The predicted molar refractivity (Wildman–Crippen MR) is 53.5 cm³/mol. The van der Waals surface area contributed by atoms with Crippen LogP contribution < -0.4 is 0 Å². The Hall–Kier alpha value is -2.02. The minimum Gasteiger partial charge on any atom is -0.465 e. The van der Waals surface area contributed by atoms with Gasteiger partial charge in [0, 0.05) is 5.57 Å². The SMILES string of the molecule is CCC(=C(C#N)C(=O)OC)c1ccco1. The zero-order valence-corrected chi connectivity index (χ0v) is 8.61. The van der Waals surface area contributed by atoms with E-state index < -0.39 is 5.97 Å². The molecule has 0 saturated carbocycles. The summed E-state index contributed by atoms with van der Waals surface area (Å²) in [4.78, 5) is 11.3. The molecule has 0 N–H and O–H groups in total. The summed E-state index contributed by atoms with van der Waals surface area (Å²) in [5, 5.41) is 8.88. The Morgan fingerprint density at radius 3 is 2.80 bits per heavy atom. The molecule has 0 aromatic carbocycles. The Labute approximate surface area is 87.8 Å². The quantitative estimate of drug-likeness (QED) is 0.431. The molecule has 1 aromatic rings. The van der Waals surface area contributed by atoms with Crippen LogP contribution in [-0.4, -0.2) is 13.1 Å². The van der Waals surface area contributed by atoms with Gasteiger partial charge in [0.05, 0.1) is 13.4 Å². The fourth-order valence-electron chi connectivity index (χ4n) is 1.26. The van der Waals surface area contributed by atoms with E-state index in [-0.39, 0.29) is 5.57 Å². The fourth-order valence-corrected chi connectivity index (χ4v) is 1.26. The first-order chi connectivity index (χ1) is 7.24. The van der Waals surface area contributed by atoms with Crippen molar-refractivity contribution in [1.29, 1.82) is 5.26 Å². The average Bonchev–Trinajstić information content (AvgIpc) is 2.77. The lowest BCUT2D eigenvalue weighted by atomic mass is 10.0. The number of nitrogens with zero attached hydrogens (tertiary/aromatic N) is 1. The second kappa shape index (κ2) is 5.01. The van der Waals surface area contributed by atoms with Crippen molar-refractivity contribution in [3.8, 4) is 6.07 Å². The summed E-state index contributed by atoms with van der Waals surface area (Å²) in [6.07, 6.45) is 2.03. The minimum absolute atomic E-state index is 0.00468. The average molecular weight is 205 g/mol. The molecule has 0 saturated heterocycles. The molecule has 1 heterocycles. The van der Waals surface area contributed by atoms with Crippen LogP contribution in [0, 0.1) is 11.3 Å². The molecule has 4 heteroatoms. The largest absolute Gasteiger partial charge is 0.465 e. The van der Waals surface area contributed by atoms with Crippen LogP contribution in [0.2, 0.25) is 0 Å². The number of nitriles is 1. The molecule has 1 aromatic heterocycles. The van der Waals surface area contributed by atoms with E-state index >= 15 is 0 Å². The van der Waals surface area contributed by atoms with Crippen LogP contribution in [0.5, 0.6) is 0 Å². The van der Waals surface area contributed by atoms with Gasteiger partial charge in [0.25, 0.3) is 0 Å². The van der Waals surface area contributed by atoms with Gasteiger partial charge in [-0.25, -0.2) is 4.79 Å². The molecular weight excluding hydrogens is 194 g/mol. The lowest BCUT2D eigenvalue weighted by Crippen LogP contribution is -2.05. The van der Waals surface area contributed by atoms with Gasteiger partial charge in [-0.3, -0.25) is 0 Å². The number of allylic oxidation sites excluding steroid dienone is 1. The van der Waals surface area contributed by atoms with Gasteiger partial charge in [0.2, 0.25) is 0 Å². The van der Waals surface area contributed by atoms with Gasteiger partial charge in [0.15, 0.2) is 0 Å². The number of hydrogen-bond acceptors (Lipinski definition) is 4. The molecule has 0 unspecified atom stereocenters. The van der Waals surface area contributed by atoms with E-state index in [1.807, 2.05) is 13.0 Å². The Morgan fingerprint density at radius 2 is 2.40 bits per heavy atom. The summed E-state index contributed by atoms with van der Waals surface area (Å²) in [5.41, 5.74) is 0.560. The summed E-state index contributed by atoms with van der Waals surface area (Å²) in [6, 6.07) is 5.25. The van der Waals surface area contributed by atoms with Crippen molar-refractivity contribution in [3.63, 3.8) is 0 Å². The van der Waals surface area contributed by atoms with E-state index in [4.69, 9.17) is 9.68 Å². The third-order valence-corrected chi connectivity index (χ3v) is 1.98. The molecule has 0 aliphatic rings. The van der Waals surface area contributed by atoms with Gasteiger partial charge in [0.1, 0.15) is 17.4 Å². The molecule has 0 amide bonds. The summed E-state index contributed by atoms with van der Waals surface area (Å²) in [6.45, 7) is 1.85. The molecule has 1 rings (SSSR count). The second-order valence-corrected chi connectivity index (χ2v) is 2.79. The number of ether oxygens (including phenoxy) is 1. The molecule has 78 valence electrons. The Bertz CT molecular complexity index is 410. The lowest BCUT2D eigenvalue weighted by Gasteiger charge is -2.03. The summed E-state index contributed by atoms with van der Waals surface area (Å²) in [5.74, 6) is -0.106. The number of carbonyl (C=O) groups is 1. The molecule has 0 aliphatic carbocycles.